The maximum absolute atomic E-state index is 6.68. The second kappa shape index (κ2) is 12.6. The number of hydrogen-bond donors (Lipinski definition) is 1. The zero-order chi connectivity index (χ0) is 27.1. The van der Waals surface area contributed by atoms with Crippen LogP contribution in [0.25, 0.3) is 11.2 Å². The number of benzene rings is 3. The van der Waals surface area contributed by atoms with E-state index in [1.54, 1.807) is 18.1 Å². The molecule has 1 aliphatic heterocycles. The maximum Gasteiger partial charge on any atom is 0.183 e. The zero-order valence-corrected chi connectivity index (χ0v) is 22.8. The number of rotatable bonds is 11. The monoisotopic (exact) mass is 553 g/mol. The molecule has 3 heterocycles. The van der Waals surface area contributed by atoms with E-state index in [-0.39, 0.29) is 22.8 Å². The van der Waals surface area contributed by atoms with Crippen molar-refractivity contribution < 1.29 is 14.2 Å². The molecule has 0 spiro atoms. The van der Waals surface area contributed by atoms with Crippen LogP contribution < -0.4 is 5.73 Å². The number of aromatic nitrogens is 4. The van der Waals surface area contributed by atoms with E-state index < -0.39 is 0 Å². The predicted octanol–water partition coefficient (Wildman–Crippen LogP) is 5.41. The molecule has 0 bridgehead atoms. The van der Waals surface area contributed by atoms with Crippen molar-refractivity contribution in [3.63, 3.8) is 0 Å². The van der Waals surface area contributed by atoms with Gasteiger partial charge < -0.3 is 24.5 Å². The van der Waals surface area contributed by atoms with Crippen LogP contribution in [-0.4, -0.2) is 43.6 Å². The highest BCUT2D eigenvalue weighted by molar-refractivity contribution is 8.00. The lowest BCUT2D eigenvalue weighted by molar-refractivity contribution is -0.0913. The average molecular weight is 554 g/mol. The summed E-state index contributed by atoms with van der Waals surface area (Å²) < 4.78 is 21.6. The standard InChI is InChI=1S/C31H31N5O3S/c32-29-26-30(34-20-33-29)35-21-36(26)31-28(39-18-24-14-8-3-9-15-24)27(38-17-23-12-6-2-7-13-23)25(40-31)19-37-16-22-10-4-1-5-11-22/h1-15,20-21,25,27-28,31H,16-19H2,(H2,32,33,34)/t25-,27-,28+,31?/m1/s1. The summed E-state index contributed by atoms with van der Waals surface area (Å²) in [6, 6.07) is 30.6. The van der Waals surface area contributed by atoms with E-state index in [0.717, 1.165) is 16.7 Å². The number of thioether (sulfide) groups is 1. The number of anilines is 1. The van der Waals surface area contributed by atoms with Gasteiger partial charge in [-0.2, -0.15) is 0 Å². The summed E-state index contributed by atoms with van der Waals surface area (Å²) in [5.41, 5.74) is 10.9. The fraction of sp³-hybridized carbons (Fsp3) is 0.258. The van der Waals surface area contributed by atoms with E-state index in [1.807, 2.05) is 59.2 Å². The molecule has 1 saturated heterocycles. The van der Waals surface area contributed by atoms with Gasteiger partial charge in [0.05, 0.1) is 38.0 Å². The first kappa shape index (κ1) is 26.5. The highest BCUT2D eigenvalue weighted by Gasteiger charge is 2.47. The van der Waals surface area contributed by atoms with Gasteiger partial charge in [-0.15, -0.1) is 11.8 Å². The van der Waals surface area contributed by atoms with Crippen molar-refractivity contribution in [3.8, 4) is 0 Å². The van der Waals surface area contributed by atoms with Crippen LogP contribution in [-0.2, 0) is 34.0 Å². The van der Waals surface area contributed by atoms with E-state index in [4.69, 9.17) is 19.9 Å². The van der Waals surface area contributed by atoms with Crippen molar-refractivity contribution in [1.29, 1.82) is 0 Å². The van der Waals surface area contributed by atoms with E-state index in [1.165, 1.54) is 6.33 Å². The molecule has 3 aromatic carbocycles. The third-order valence-corrected chi connectivity index (χ3v) is 8.45. The average Bonchev–Trinajstić information content (AvgIpc) is 3.58. The number of nitrogens with two attached hydrogens (primary N) is 1. The van der Waals surface area contributed by atoms with Gasteiger partial charge in [0.15, 0.2) is 11.5 Å². The van der Waals surface area contributed by atoms with Crippen LogP contribution in [0.15, 0.2) is 104 Å². The second-order valence-electron chi connectivity index (χ2n) is 9.67. The summed E-state index contributed by atoms with van der Waals surface area (Å²) in [5.74, 6) is 0.385. The first-order valence-corrected chi connectivity index (χ1v) is 14.2. The Kier molecular flexibility index (Phi) is 8.34. The Morgan fingerprint density at radius 1 is 0.700 bits per heavy atom. The molecule has 2 N–H and O–H groups in total. The molecule has 8 nitrogen and oxygen atoms in total. The van der Waals surface area contributed by atoms with Gasteiger partial charge in [-0.1, -0.05) is 91.0 Å². The molecule has 40 heavy (non-hydrogen) atoms. The lowest BCUT2D eigenvalue weighted by atomic mass is 10.1. The molecular formula is C31H31N5O3S. The van der Waals surface area contributed by atoms with Crippen LogP contribution in [0.5, 0.6) is 0 Å². The number of hydrogen-bond acceptors (Lipinski definition) is 8. The van der Waals surface area contributed by atoms with Gasteiger partial charge in [0.1, 0.15) is 29.4 Å². The Bertz CT molecular complexity index is 1500. The Morgan fingerprint density at radius 3 is 1.90 bits per heavy atom. The van der Waals surface area contributed by atoms with Crippen molar-refractivity contribution in [2.75, 3.05) is 12.3 Å². The number of nitrogens with zero attached hydrogens (tertiary/aromatic N) is 4. The summed E-state index contributed by atoms with van der Waals surface area (Å²) >= 11 is 1.75. The predicted molar refractivity (Wildman–Crippen MR) is 156 cm³/mol. The largest absolute Gasteiger partial charge is 0.382 e. The van der Waals surface area contributed by atoms with Gasteiger partial charge in [0, 0.05) is 0 Å². The van der Waals surface area contributed by atoms with Crippen LogP contribution in [0.2, 0.25) is 0 Å². The minimum Gasteiger partial charge on any atom is -0.382 e. The Labute approximate surface area is 237 Å². The quantitative estimate of drug-likeness (QED) is 0.232. The van der Waals surface area contributed by atoms with Crippen molar-refractivity contribution in [1.82, 2.24) is 19.5 Å². The van der Waals surface area contributed by atoms with E-state index in [2.05, 4.69) is 51.4 Å². The minimum absolute atomic E-state index is 0.00139. The molecule has 2 aromatic heterocycles. The molecule has 4 atom stereocenters. The molecule has 1 unspecified atom stereocenters. The molecular weight excluding hydrogens is 522 g/mol. The van der Waals surface area contributed by atoms with Crippen molar-refractivity contribution >= 4 is 28.7 Å². The number of imidazole rings is 1. The molecule has 204 valence electrons. The van der Waals surface area contributed by atoms with E-state index >= 15 is 0 Å². The van der Waals surface area contributed by atoms with Gasteiger partial charge in [0.2, 0.25) is 0 Å². The van der Waals surface area contributed by atoms with Crippen molar-refractivity contribution in [2.24, 2.45) is 0 Å². The summed E-state index contributed by atoms with van der Waals surface area (Å²) in [6.45, 7) is 1.94. The number of fused-ring (bicyclic) bond motifs is 1. The van der Waals surface area contributed by atoms with E-state index in [0.29, 0.717) is 43.4 Å². The molecule has 1 fully saturated rings. The maximum atomic E-state index is 6.68. The van der Waals surface area contributed by atoms with Gasteiger partial charge >= 0.3 is 0 Å². The third kappa shape index (κ3) is 6.03. The Hall–Kier alpha value is -3.76. The van der Waals surface area contributed by atoms with Crippen LogP contribution in [0.1, 0.15) is 22.1 Å². The van der Waals surface area contributed by atoms with Gasteiger partial charge in [-0.3, -0.25) is 0 Å². The molecule has 9 heteroatoms. The fourth-order valence-corrected chi connectivity index (χ4v) is 6.54. The van der Waals surface area contributed by atoms with Gasteiger partial charge in [-0.05, 0) is 16.7 Å². The topological polar surface area (TPSA) is 97.3 Å². The molecule has 0 amide bonds. The lowest BCUT2D eigenvalue weighted by Gasteiger charge is -2.27. The van der Waals surface area contributed by atoms with E-state index in [9.17, 15) is 0 Å². The van der Waals surface area contributed by atoms with Crippen LogP contribution >= 0.6 is 11.8 Å². The van der Waals surface area contributed by atoms with Gasteiger partial charge in [0.25, 0.3) is 0 Å². The number of ether oxygens (including phenoxy) is 3. The molecule has 1 aliphatic rings. The summed E-state index contributed by atoms with van der Waals surface area (Å²) in [7, 11) is 0. The second-order valence-corrected chi connectivity index (χ2v) is 11.0. The Balaban J connectivity index is 1.30. The van der Waals surface area contributed by atoms with Crippen LogP contribution in [0.4, 0.5) is 5.82 Å². The third-order valence-electron chi connectivity index (χ3n) is 6.92. The fourth-order valence-electron chi connectivity index (χ4n) is 4.94. The Morgan fingerprint density at radius 2 is 1.27 bits per heavy atom. The van der Waals surface area contributed by atoms with Crippen LogP contribution in [0.3, 0.4) is 0 Å². The van der Waals surface area contributed by atoms with Crippen molar-refractivity contribution in [3.05, 3.63) is 120 Å². The molecule has 0 radical (unpaired) electrons. The first-order valence-electron chi connectivity index (χ1n) is 13.3. The first-order chi connectivity index (χ1) is 19.8. The SMILES string of the molecule is Nc1ncnc2ncn(C3S[C@H](COCc4ccccc4)[C@@H](OCc4ccccc4)[C@@H]3OCc3ccccc3)c12. The molecule has 0 aliphatic carbocycles. The van der Waals surface area contributed by atoms with Crippen molar-refractivity contribution in [2.45, 2.75) is 42.7 Å². The summed E-state index contributed by atoms with van der Waals surface area (Å²) in [6.07, 6.45) is 2.65. The van der Waals surface area contributed by atoms with Crippen LogP contribution in [0, 0.1) is 0 Å². The number of nitrogen functional groups attached to an aromatic ring is 1. The minimum atomic E-state index is -0.309. The summed E-state index contributed by atoms with van der Waals surface area (Å²) in [4.78, 5) is 13.1. The normalized spacial score (nSPS) is 20.7. The molecule has 0 saturated carbocycles. The smallest absolute Gasteiger partial charge is 0.183 e. The molecule has 5 aromatic rings. The highest BCUT2D eigenvalue weighted by Crippen LogP contribution is 2.47. The highest BCUT2D eigenvalue weighted by atomic mass is 32.2. The van der Waals surface area contributed by atoms with Gasteiger partial charge in [-0.25, -0.2) is 15.0 Å². The molecule has 6 rings (SSSR count). The summed E-state index contributed by atoms with van der Waals surface area (Å²) in [5, 5.41) is -0.172. The lowest BCUT2D eigenvalue weighted by Crippen LogP contribution is -2.38. The zero-order valence-electron chi connectivity index (χ0n) is 22.0.